The van der Waals surface area contributed by atoms with Gasteiger partial charge in [-0.05, 0) is 39.3 Å². The SMILES string of the molecule is CCCC1(C(=O)N(C)Cc2scnc2C)CCNCC1. The lowest BCUT2D eigenvalue weighted by atomic mass is 9.74. The number of hydrogen-bond acceptors (Lipinski definition) is 4. The summed E-state index contributed by atoms with van der Waals surface area (Å²) in [6.45, 7) is 6.79. The van der Waals surface area contributed by atoms with Gasteiger partial charge in [-0.25, -0.2) is 4.98 Å². The summed E-state index contributed by atoms with van der Waals surface area (Å²) in [5.74, 6) is 0.314. The van der Waals surface area contributed by atoms with Crippen molar-refractivity contribution in [3.05, 3.63) is 16.1 Å². The molecule has 0 bridgehead atoms. The van der Waals surface area contributed by atoms with E-state index in [0.29, 0.717) is 12.5 Å². The Morgan fingerprint density at radius 1 is 1.50 bits per heavy atom. The number of aromatic nitrogens is 1. The molecule has 0 atom stereocenters. The third-order valence-electron chi connectivity index (χ3n) is 4.32. The molecular weight excluding hydrogens is 270 g/mol. The summed E-state index contributed by atoms with van der Waals surface area (Å²) >= 11 is 1.64. The zero-order valence-electron chi connectivity index (χ0n) is 12.7. The standard InChI is InChI=1S/C15H25N3OS/c1-4-5-15(6-8-16-9-7-15)14(19)18(3)10-13-12(2)17-11-20-13/h11,16H,4-10H2,1-3H3. The van der Waals surface area contributed by atoms with Crippen LogP contribution in [0.2, 0.25) is 0 Å². The summed E-state index contributed by atoms with van der Waals surface area (Å²) in [5, 5.41) is 3.37. The minimum absolute atomic E-state index is 0.145. The van der Waals surface area contributed by atoms with Crippen LogP contribution in [0.4, 0.5) is 0 Å². The van der Waals surface area contributed by atoms with E-state index in [1.165, 1.54) is 4.88 Å². The number of nitrogens with zero attached hydrogens (tertiary/aromatic N) is 2. The molecule has 0 aromatic carbocycles. The van der Waals surface area contributed by atoms with Crippen molar-refractivity contribution in [3.8, 4) is 0 Å². The van der Waals surface area contributed by atoms with Gasteiger partial charge in [0.15, 0.2) is 0 Å². The number of carbonyl (C=O) groups is 1. The number of rotatable bonds is 5. The summed E-state index contributed by atoms with van der Waals surface area (Å²) in [4.78, 5) is 20.3. The predicted molar refractivity (Wildman–Crippen MR) is 82.8 cm³/mol. The average Bonchev–Trinajstić information content (AvgIpc) is 2.85. The van der Waals surface area contributed by atoms with Gasteiger partial charge in [0.25, 0.3) is 0 Å². The van der Waals surface area contributed by atoms with Crippen molar-refractivity contribution in [1.82, 2.24) is 15.2 Å². The average molecular weight is 295 g/mol. The van der Waals surface area contributed by atoms with Gasteiger partial charge in [0.2, 0.25) is 5.91 Å². The van der Waals surface area contributed by atoms with Gasteiger partial charge in [0.1, 0.15) is 0 Å². The number of piperidine rings is 1. The maximum atomic E-state index is 12.9. The number of carbonyl (C=O) groups excluding carboxylic acids is 1. The molecule has 1 N–H and O–H groups in total. The molecule has 0 aliphatic carbocycles. The number of hydrogen-bond donors (Lipinski definition) is 1. The maximum Gasteiger partial charge on any atom is 0.228 e. The van der Waals surface area contributed by atoms with Crippen molar-refractivity contribution < 1.29 is 4.79 Å². The Morgan fingerprint density at radius 3 is 2.75 bits per heavy atom. The lowest BCUT2D eigenvalue weighted by Crippen LogP contribution is -2.47. The maximum absolute atomic E-state index is 12.9. The molecule has 1 aliphatic heterocycles. The lowest BCUT2D eigenvalue weighted by molar-refractivity contribution is -0.143. The van der Waals surface area contributed by atoms with Gasteiger partial charge in [0.05, 0.1) is 23.2 Å². The molecule has 112 valence electrons. The molecule has 1 aromatic heterocycles. The Labute approximate surface area is 125 Å². The van der Waals surface area contributed by atoms with E-state index >= 15 is 0 Å². The second-order valence-electron chi connectivity index (χ2n) is 5.80. The first-order valence-corrected chi connectivity index (χ1v) is 8.32. The lowest BCUT2D eigenvalue weighted by Gasteiger charge is -2.39. The summed E-state index contributed by atoms with van der Waals surface area (Å²) in [6.07, 6.45) is 4.00. The van der Waals surface area contributed by atoms with Gasteiger partial charge in [-0.3, -0.25) is 4.79 Å². The van der Waals surface area contributed by atoms with Crippen LogP contribution in [0.1, 0.15) is 43.2 Å². The molecule has 0 unspecified atom stereocenters. The second-order valence-corrected chi connectivity index (χ2v) is 6.74. The Hall–Kier alpha value is -0.940. The Bertz CT molecular complexity index is 446. The van der Waals surface area contributed by atoms with Crippen molar-refractivity contribution in [1.29, 1.82) is 0 Å². The molecule has 20 heavy (non-hydrogen) atoms. The Balaban J connectivity index is 2.08. The summed E-state index contributed by atoms with van der Waals surface area (Å²) in [5.41, 5.74) is 2.76. The van der Waals surface area contributed by atoms with Gasteiger partial charge >= 0.3 is 0 Å². The third kappa shape index (κ3) is 3.20. The van der Waals surface area contributed by atoms with E-state index in [0.717, 1.165) is 44.5 Å². The minimum Gasteiger partial charge on any atom is -0.340 e. The van der Waals surface area contributed by atoms with Crippen LogP contribution < -0.4 is 5.32 Å². The number of aryl methyl sites for hydroxylation is 1. The van der Waals surface area contributed by atoms with Crippen LogP contribution in [0.15, 0.2) is 5.51 Å². The molecular formula is C15H25N3OS. The van der Waals surface area contributed by atoms with Crippen LogP contribution in [0.25, 0.3) is 0 Å². The van der Waals surface area contributed by atoms with Gasteiger partial charge in [-0.1, -0.05) is 13.3 Å². The molecule has 5 heteroatoms. The largest absolute Gasteiger partial charge is 0.340 e. The molecule has 0 spiro atoms. The number of amides is 1. The fourth-order valence-corrected chi connectivity index (χ4v) is 3.95. The molecule has 0 saturated carbocycles. The van der Waals surface area contributed by atoms with Crippen molar-refractivity contribution in [2.45, 2.75) is 46.1 Å². The molecule has 2 rings (SSSR count). The highest BCUT2D eigenvalue weighted by Crippen LogP contribution is 2.36. The highest BCUT2D eigenvalue weighted by Gasteiger charge is 2.40. The zero-order valence-corrected chi connectivity index (χ0v) is 13.6. The fourth-order valence-electron chi connectivity index (χ4n) is 3.12. The molecule has 4 nitrogen and oxygen atoms in total. The normalized spacial score (nSPS) is 17.9. The van der Waals surface area contributed by atoms with Crippen molar-refractivity contribution >= 4 is 17.2 Å². The highest BCUT2D eigenvalue weighted by atomic mass is 32.1. The molecule has 1 amide bonds. The first kappa shape index (κ1) is 15.4. The fraction of sp³-hybridized carbons (Fsp3) is 0.733. The van der Waals surface area contributed by atoms with E-state index in [4.69, 9.17) is 0 Å². The minimum atomic E-state index is -0.145. The molecule has 1 saturated heterocycles. The van der Waals surface area contributed by atoms with Crippen LogP contribution in [0.5, 0.6) is 0 Å². The summed E-state index contributed by atoms with van der Waals surface area (Å²) in [7, 11) is 1.93. The quantitative estimate of drug-likeness (QED) is 0.908. The van der Waals surface area contributed by atoms with Gasteiger partial charge in [-0.2, -0.15) is 0 Å². The third-order valence-corrected chi connectivity index (χ3v) is 5.24. The van der Waals surface area contributed by atoms with E-state index in [-0.39, 0.29) is 5.41 Å². The number of thiazole rings is 1. The summed E-state index contributed by atoms with van der Waals surface area (Å²) in [6, 6.07) is 0. The molecule has 1 fully saturated rings. The molecule has 1 aromatic rings. The van der Waals surface area contributed by atoms with E-state index in [9.17, 15) is 4.79 Å². The van der Waals surface area contributed by atoms with Gasteiger partial charge < -0.3 is 10.2 Å². The topological polar surface area (TPSA) is 45.2 Å². The van der Waals surface area contributed by atoms with Crippen LogP contribution in [0, 0.1) is 12.3 Å². The van der Waals surface area contributed by atoms with Gasteiger partial charge in [-0.15, -0.1) is 11.3 Å². The van der Waals surface area contributed by atoms with E-state index < -0.39 is 0 Å². The van der Waals surface area contributed by atoms with Crippen molar-refractivity contribution in [2.75, 3.05) is 20.1 Å². The van der Waals surface area contributed by atoms with Crippen LogP contribution in [-0.4, -0.2) is 35.9 Å². The Kier molecular flexibility index (Phi) is 5.16. The highest BCUT2D eigenvalue weighted by molar-refractivity contribution is 7.09. The van der Waals surface area contributed by atoms with Crippen molar-refractivity contribution in [2.24, 2.45) is 5.41 Å². The van der Waals surface area contributed by atoms with Gasteiger partial charge in [0, 0.05) is 11.9 Å². The second kappa shape index (κ2) is 6.68. The van der Waals surface area contributed by atoms with E-state index in [1.807, 2.05) is 24.4 Å². The van der Waals surface area contributed by atoms with E-state index in [1.54, 1.807) is 11.3 Å². The zero-order chi connectivity index (χ0) is 14.6. The Morgan fingerprint density at radius 2 is 2.20 bits per heavy atom. The number of nitrogens with one attached hydrogen (secondary N) is 1. The monoisotopic (exact) mass is 295 g/mol. The first-order valence-electron chi connectivity index (χ1n) is 7.44. The van der Waals surface area contributed by atoms with Crippen LogP contribution in [-0.2, 0) is 11.3 Å². The molecule has 2 heterocycles. The molecule has 1 aliphatic rings. The smallest absolute Gasteiger partial charge is 0.228 e. The first-order chi connectivity index (χ1) is 9.59. The summed E-state index contributed by atoms with van der Waals surface area (Å²) < 4.78 is 0. The molecule has 0 radical (unpaired) electrons. The van der Waals surface area contributed by atoms with E-state index in [2.05, 4.69) is 17.2 Å². The predicted octanol–water partition coefficient (Wildman–Crippen LogP) is 2.58. The van der Waals surface area contributed by atoms with Crippen LogP contribution in [0.3, 0.4) is 0 Å². The van der Waals surface area contributed by atoms with Crippen molar-refractivity contribution in [3.63, 3.8) is 0 Å². The van der Waals surface area contributed by atoms with Crippen LogP contribution >= 0.6 is 11.3 Å².